The van der Waals surface area contributed by atoms with E-state index in [1.54, 1.807) is 6.92 Å². The van der Waals surface area contributed by atoms with E-state index in [1.807, 2.05) is 13.8 Å². The van der Waals surface area contributed by atoms with Gasteiger partial charge in [-0.2, -0.15) is 0 Å². The normalized spacial score (nSPS) is 14.9. The third-order valence-corrected chi connectivity index (χ3v) is 2.76. The average molecular weight is 229 g/mol. The van der Waals surface area contributed by atoms with Crippen LogP contribution in [-0.4, -0.2) is 17.3 Å². The maximum atomic E-state index is 12.9. The zero-order valence-electron chi connectivity index (χ0n) is 9.72. The molecule has 0 saturated carbocycles. The van der Waals surface area contributed by atoms with Gasteiger partial charge >= 0.3 is 0 Å². The largest absolute Gasteiger partial charge is 0.388 e. The molecule has 0 bridgehead atoms. The highest BCUT2D eigenvalue weighted by Gasteiger charge is 2.24. The molecular formula is C12H17F2NO. The summed E-state index contributed by atoms with van der Waals surface area (Å²) in [6.07, 6.45) is 0. The van der Waals surface area contributed by atoms with Crippen molar-refractivity contribution in [1.82, 2.24) is 0 Å². The highest BCUT2D eigenvalue weighted by molar-refractivity contribution is 5.43. The summed E-state index contributed by atoms with van der Waals surface area (Å²) in [7, 11) is 0. The molecule has 1 atom stereocenters. The van der Waals surface area contributed by atoms with Crippen LogP contribution in [0.1, 0.15) is 20.8 Å². The van der Waals surface area contributed by atoms with Crippen LogP contribution in [0.25, 0.3) is 0 Å². The van der Waals surface area contributed by atoms with Gasteiger partial charge in [0.15, 0.2) is 0 Å². The van der Waals surface area contributed by atoms with Crippen molar-refractivity contribution in [1.29, 1.82) is 0 Å². The van der Waals surface area contributed by atoms with Gasteiger partial charge in [-0.05, 0) is 25.0 Å². The van der Waals surface area contributed by atoms with Crippen LogP contribution in [-0.2, 0) is 0 Å². The maximum absolute atomic E-state index is 12.9. The molecular weight excluding hydrogens is 212 g/mol. The fourth-order valence-corrected chi connectivity index (χ4v) is 1.14. The van der Waals surface area contributed by atoms with E-state index >= 15 is 0 Å². The van der Waals surface area contributed by atoms with Crippen LogP contribution in [0.15, 0.2) is 18.2 Å². The second-order valence-corrected chi connectivity index (χ2v) is 4.52. The van der Waals surface area contributed by atoms with E-state index in [4.69, 9.17) is 0 Å². The molecule has 0 fully saturated rings. The lowest BCUT2D eigenvalue weighted by atomic mass is 9.92. The third kappa shape index (κ3) is 3.45. The van der Waals surface area contributed by atoms with Crippen molar-refractivity contribution in [3.05, 3.63) is 29.8 Å². The third-order valence-electron chi connectivity index (χ3n) is 2.76. The molecule has 16 heavy (non-hydrogen) atoms. The Balaban J connectivity index is 2.68. The maximum Gasteiger partial charge on any atom is 0.128 e. The average Bonchev–Trinajstić information content (AvgIpc) is 2.13. The van der Waals surface area contributed by atoms with Crippen LogP contribution < -0.4 is 5.32 Å². The quantitative estimate of drug-likeness (QED) is 0.832. The fraction of sp³-hybridized carbons (Fsp3) is 0.500. The van der Waals surface area contributed by atoms with Crippen molar-refractivity contribution in [3.8, 4) is 0 Å². The minimum atomic E-state index is -0.914. The Labute approximate surface area is 94.3 Å². The predicted octanol–water partition coefficient (Wildman–Crippen LogP) is 2.78. The van der Waals surface area contributed by atoms with Crippen LogP contribution in [0.2, 0.25) is 0 Å². The number of benzene rings is 1. The Kier molecular flexibility index (Phi) is 3.86. The van der Waals surface area contributed by atoms with Gasteiger partial charge in [-0.25, -0.2) is 8.78 Å². The number of nitrogens with one attached hydrogen (secondary N) is 1. The fourth-order valence-electron chi connectivity index (χ4n) is 1.14. The molecule has 90 valence electrons. The molecule has 4 heteroatoms. The summed E-state index contributed by atoms with van der Waals surface area (Å²) in [6.45, 7) is 5.69. The predicted molar refractivity (Wildman–Crippen MR) is 60.3 cm³/mol. The SMILES string of the molecule is CC(C)C(C)(O)CNc1cc(F)cc(F)c1. The van der Waals surface area contributed by atoms with Gasteiger partial charge in [-0.15, -0.1) is 0 Å². The molecule has 0 aliphatic carbocycles. The first-order valence-corrected chi connectivity index (χ1v) is 5.23. The molecule has 2 nitrogen and oxygen atoms in total. The molecule has 2 N–H and O–H groups in total. The number of anilines is 1. The molecule has 0 heterocycles. The van der Waals surface area contributed by atoms with Crippen molar-refractivity contribution in [2.24, 2.45) is 5.92 Å². The van der Waals surface area contributed by atoms with Gasteiger partial charge in [0, 0.05) is 18.3 Å². The van der Waals surface area contributed by atoms with Crippen molar-refractivity contribution in [2.75, 3.05) is 11.9 Å². The molecule has 0 saturated heterocycles. The summed E-state index contributed by atoms with van der Waals surface area (Å²) in [5.41, 5.74) is -0.582. The van der Waals surface area contributed by atoms with E-state index in [0.29, 0.717) is 5.69 Å². The lowest BCUT2D eigenvalue weighted by Gasteiger charge is -2.28. The van der Waals surface area contributed by atoms with Crippen molar-refractivity contribution in [2.45, 2.75) is 26.4 Å². The van der Waals surface area contributed by atoms with Gasteiger partial charge in [0.2, 0.25) is 0 Å². The lowest BCUT2D eigenvalue weighted by Crippen LogP contribution is -2.38. The topological polar surface area (TPSA) is 32.3 Å². The van der Waals surface area contributed by atoms with Gasteiger partial charge in [0.25, 0.3) is 0 Å². The van der Waals surface area contributed by atoms with Crippen molar-refractivity contribution < 1.29 is 13.9 Å². The van der Waals surface area contributed by atoms with Crippen LogP contribution in [0.5, 0.6) is 0 Å². The highest BCUT2D eigenvalue weighted by atomic mass is 19.1. The van der Waals surface area contributed by atoms with Gasteiger partial charge < -0.3 is 10.4 Å². The number of hydrogen-bond donors (Lipinski definition) is 2. The Morgan fingerprint density at radius 2 is 1.75 bits per heavy atom. The van der Waals surface area contributed by atoms with Crippen LogP contribution in [0.4, 0.5) is 14.5 Å². The standard InChI is InChI=1S/C12H17F2NO/c1-8(2)12(3,16)7-15-11-5-9(13)4-10(14)6-11/h4-6,8,15-16H,7H2,1-3H3. The molecule has 0 amide bonds. The second-order valence-electron chi connectivity index (χ2n) is 4.52. The van der Waals surface area contributed by atoms with E-state index in [-0.39, 0.29) is 12.5 Å². The van der Waals surface area contributed by atoms with Gasteiger partial charge in [-0.3, -0.25) is 0 Å². The van der Waals surface area contributed by atoms with E-state index in [0.717, 1.165) is 6.07 Å². The minimum Gasteiger partial charge on any atom is -0.388 e. The van der Waals surface area contributed by atoms with Crippen molar-refractivity contribution >= 4 is 5.69 Å². The first kappa shape index (κ1) is 12.9. The van der Waals surface area contributed by atoms with E-state index in [1.165, 1.54) is 12.1 Å². The van der Waals surface area contributed by atoms with Gasteiger partial charge in [0.1, 0.15) is 11.6 Å². The molecule has 1 aromatic carbocycles. The van der Waals surface area contributed by atoms with E-state index < -0.39 is 17.2 Å². The number of aliphatic hydroxyl groups is 1. The summed E-state index contributed by atoms with van der Waals surface area (Å²) in [4.78, 5) is 0. The highest BCUT2D eigenvalue weighted by Crippen LogP contribution is 2.18. The van der Waals surface area contributed by atoms with Gasteiger partial charge in [-0.1, -0.05) is 13.8 Å². The first-order valence-electron chi connectivity index (χ1n) is 5.23. The second kappa shape index (κ2) is 4.78. The zero-order chi connectivity index (χ0) is 12.3. The summed E-state index contributed by atoms with van der Waals surface area (Å²) in [6, 6.07) is 3.20. The monoisotopic (exact) mass is 229 g/mol. The minimum absolute atomic E-state index is 0.0541. The van der Waals surface area contributed by atoms with Crippen LogP contribution >= 0.6 is 0 Å². The zero-order valence-corrected chi connectivity index (χ0v) is 9.72. The molecule has 0 aliphatic rings. The number of halogens is 2. The van der Waals surface area contributed by atoms with E-state index in [9.17, 15) is 13.9 Å². The summed E-state index contributed by atoms with van der Waals surface area (Å²) in [5.74, 6) is -1.21. The lowest BCUT2D eigenvalue weighted by molar-refractivity contribution is 0.0266. The van der Waals surface area contributed by atoms with Crippen LogP contribution in [0, 0.1) is 17.6 Å². The Bertz CT molecular complexity index is 344. The van der Waals surface area contributed by atoms with E-state index in [2.05, 4.69) is 5.32 Å². The Morgan fingerprint density at radius 1 is 1.25 bits per heavy atom. The Morgan fingerprint density at radius 3 is 2.19 bits per heavy atom. The van der Waals surface area contributed by atoms with Crippen molar-refractivity contribution in [3.63, 3.8) is 0 Å². The molecule has 0 aliphatic heterocycles. The molecule has 0 aromatic heterocycles. The van der Waals surface area contributed by atoms with Crippen LogP contribution in [0.3, 0.4) is 0 Å². The molecule has 1 unspecified atom stereocenters. The first-order chi connectivity index (χ1) is 7.31. The van der Waals surface area contributed by atoms with Gasteiger partial charge in [0.05, 0.1) is 5.60 Å². The molecule has 0 spiro atoms. The molecule has 1 aromatic rings. The summed E-state index contributed by atoms with van der Waals surface area (Å²) in [5, 5.41) is 12.8. The summed E-state index contributed by atoms with van der Waals surface area (Å²) >= 11 is 0. The molecule has 0 radical (unpaired) electrons. The number of rotatable bonds is 4. The number of hydrogen-bond acceptors (Lipinski definition) is 2. The molecule has 1 rings (SSSR count). The smallest absolute Gasteiger partial charge is 0.128 e. The summed E-state index contributed by atoms with van der Waals surface area (Å²) < 4.78 is 25.7. The Hall–Kier alpha value is -1.16.